The molecule has 0 radical (unpaired) electrons. The van der Waals surface area contributed by atoms with Gasteiger partial charge in [-0.15, -0.1) is 11.8 Å². The fourth-order valence-electron chi connectivity index (χ4n) is 2.08. The highest BCUT2D eigenvalue weighted by molar-refractivity contribution is 7.98. The van der Waals surface area contributed by atoms with Crippen LogP contribution in [0.3, 0.4) is 0 Å². The van der Waals surface area contributed by atoms with E-state index in [2.05, 4.69) is 55.8 Å². The van der Waals surface area contributed by atoms with Gasteiger partial charge in [-0.25, -0.2) is 0 Å². The van der Waals surface area contributed by atoms with E-state index in [0.29, 0.717) is 12.6 Å². The van der Waals surface area contributed by atoms with E-state index in [0.717, 1.165) is 12.3 Å². The quantitative estimate of drug-likeness (QED) is 0.762. The third-order valence-corrected chi connectivity index (χ3v) is 4.05. The lowest BCUT2D eigenvalue weighted by molar-refractivity contribution is 0.297. The summed E-state index contributed by atoms with van der Waals surface area (Å²) in [5.41, 5.74) is 2.54. The highest BCUT2D eigenvalue weighted by Gasteiger charge is 2.06. The van der Waals surface area contributed by atoms with Gasteiger partial charge in [-0.3, -0.25) is 0 Å². The smallest absolute Gasteiger partial charge is 0.133 e. The summed E-state index contributed by atoms with van der Waals surface area (Å²) < 4.78 is 6.01. The lowest BCUT2D eigenvalue weighted by Crippen LogP contribution is -2.22. The highest BCUT2D eigenvalue weighted by atomic mass is 32.2. The van der Waals surface area contributed by atoms with E-state index in [1.165, 1.54) is 16.0 Å². The lowest BCUT2D eigenvalue weighted by Gasteiger charge is -2.14. The van der Waals surface area contributed by atoms with Gasteiger partial charge < -0.3 is 10.1 Å². The van der Waals surface area contributed by atoms with Crippen LogP contribution in [0.4, 0.5) is 0 Å². The number of hydrogen-bond donors (Lipinski definition) is 1. The van der Waals surface area contributed by atoms with Crippen LogP contribution in [0.1, 0.15) is 25.0 Å². The molecule has 0 aromatic heterocycles. The molecule has 0 unspecified atom stereocenters. The zero-order chi connectivity index (χ0) is 15.1. The van der Waals surface area contributed by atoms with Gasteiger partial charge in [0.1, 0.15) is 12.4 Å². The first kappa shape index (κ1) is 15.9. The molecule has 21 heavy (non-hydrogen) atoms. The van der Waals surface area contributed by atoms with Gasteiger partial charge in [-0.05, 0) is 29.5 Å². The van der Waals surface area contributed by atoms with E-state index in [1.54, 1.807) is 11.8 Å². The van der Waals surface area contributed by atoms with Gasteiger partial charge in [0, 0.05) is 17.5 Å². The summed E-state index contributed by atoms with van der Waals surface area (Å²) >= 11 is 1.71. The molecule has 0 spiro atoms. The molecule has 0 heterocycles. The summed E-state index contributed by atoms with van der Waals surface area (Å²) in [6, 6.07) is 17.1. The summed E-state index contributed by atoms with van der Waals surface area (Å²) in [7, 11) is 0. The average Bonchev–Trinajstić information content (AvgIpc) is 2.51. The second-order valence-corrected chi connectivity index (χ2v) is 6.09. The van der Waals surface area contributed by atoms with Crippen molar-refractivity contribution in [3.8, 4) is 5.75 Å². The Morgan fingerprint density at radius 1 is 1.00 bits per heavy atom. The predicted molar refractivity (Wildman–Crippen MR) is 91.0 cm³/mol. The molecule has 0 bridgehead atoms. The monoisotopic (exact) mass is 301 g/mol. The number of nitrogens with one attached hydrogen (secondary N) is 1. The van der Waals surface area contributed by atoms with Crippen molar-refractivity contribution < 1.29 is 4.74 Å². The second kappa shape index (κ2) is 8.11. The topological polar surface area (TPSA) is 21.3 Å². The zero-order valence-electron chi connectivity index (χ0n) is 12.9. The van der Waals surface area contributed by atoms with Gasteiger partial charge in [-0.2, -0.15) is 0 Å². The van der Waals surface area contributed by atoms with Gasteiger partial charge >= 0.3 is 0 Å². The SMILES string of the molecule is CSc1ccccc1OCc1ccccc1CNC(C)C. The van der Waals surface area contributed by atoms with E-state index in [4.69, 9.17) is 4.74 Å². The van der Waals surface area contributed by atoms with Crippen molar-refractivity contribution in [3.05, 3.63) is 59.7 Å². The van der Waals surface area contributed by atoms with Gasteiger partial charge in [-0.1, -0.05) is 50.2 Å². The first-order chi connectivity index (χ1) is 10.2. The molecule has 2 aromatic carbocycles. The molecule has 112 valence electrons. The predicted octanol–water partition coefficient (Wildman–Crippen LogP) is 4.49. The van der Waals surface area contributed by atoms with Gasteiger partial charge in [0.25, 0.3) is 0 Å². The molecule has 0 aliphatic heterocycles. The molecular formula is C18H23NOS. The van der Waals surface area contributed by atoms with Crippen LogP contribution in [0.2, 0.25) is 0 Å². The van der Waals surface area contributed by atoms with Gasteiger partial charge in [0.2, 0.25) is 0 Å². The van der Waals surface area contributed by atoms with Crippen molar-refractivity contribution in [2.45, 2.75) is 37.9 Å². The number of rotatable bonds is 7. The maximum atomic E-state index is 6.01. The van der Waals surface area contributed by atoms with Crippen LogP contribution < -0.4 is 10.1 Å². The number of ether oxygens (including phenoxy) is 1. The maximum absolute atomic E-state index is 6.01. The van der Waals surface area contributed by atoms with Crippen molar-refractivity contribution >= 4 is 11.8 Å². The third-order valence-electron chi connectivity index (χ3n) is 3.27. The molecule has 0 aliphatic carbocycles. The summed E-state index contributed by atoms with van der Waals surface area (Å²) in [6.07, 6.45) is 2.07. The van der Waals surface area contributed by atoms with Crippen LogP contribution in [-0.2, 0) is 13.2 Å². The molecule has 0 atom stereocenters. The van der Waals surface area contributed by atoms with E-state index in [-0.39, 0.29) is 0 Å². The first-order valence-electron chi connectivity index (χ1n) is 7.26. The Morgan fingerprint density at radius 2 is 1.67 bits per heavy atom. The average molecular weight is 301 g/mol. The summed E-state index contributed by atoms with van der Waals surface area (Å²) in [5.74, 6) is 0.955. The van der Waals surface area contributed by atoms with E-state index in [1.807, 2.05) is 18.2 Å². The van der Waals surface area contributed by atoms with E-state index in [9.17, 15) is 0 Å². The molecule has 0 saturated carbocycles. The molecular weight excluding hydrogens is 278 g/mol. The fourth-order valence-corrected chi connectivity index (χ4v) is 2.62. The third kappa shape index (κ3) is 4.80. The molecule has 0 saturated heterocycles. The summed E-state index contributed by atoms with van der Waals surface area (Å²) in [6.45, 7) is 5.80. The minimum atomic E-state index is 0.483. The van der Waals surface area contributed by atoms with Gasteiger partial charge in [0.05, 0.1) is 0 Å². The molecule has 0 fully saturated rings. The Morgan fingerprint density at radius 3 is 2.38 bits per heavy atom. The number of thioether (sulfide) groups is 1. The molecule has 2 aromatic rings. The van der Waals surface area contributed by atoms with Crippen LogP contribution in [0.15, 0.2) is 53.4 Å². The van der Waals surface area contributed by atoms with E-state index >= 15 is 0 Å². The van der Waals surface area contributed by atoms with Crippen LogP contribution in [0.5, 0.6) is 5.75 Å². The van der Waals surface area contributed by atoms with Crippen molar-refractivity contribution in [3.63, 3.8) is 0 Å². The van der Waals surface area contributed by atoms with Crippen LogP contribution in [0.25, 0.3) is 0 Å². The highest BCUT2D eigenvalue weighted by Crippen LogP contribution is 2.27. The molecule has 3 heteroatoms. The van der Waals surface area contributed by atoms with Crippen molar-refractivity contribution in [2.24, 2.45) is 0 Å². The summed E-state index contributed by atoms with van der Waals surface area (Å²) in [5, 5.41) is 3.46. The largest absolute Gasteiger partial charge is 0.488 e. The van der Waals surface area contributed by atoms with Gasteiger partial charge in [0.15, 0.2) is 0 Å². The number of para-hydroxylation sites is 1. The maximum Gasteiger partial charge on any atom is 0.133 e. The van der Waals surface area contributed by atoms with Crippen LogP contribution >= 0.6 is 11.8 Å². The molecule has 0 amide bonds. The Labute approximate surface area is 131 Å². The molecule has 0 aliphatic rings. The minimum absolute atomic E-state index is 0.483. The number of benzene rings is 2. The molecule has 2 nitrogen and oxygen atoms in total. The van der Waals surface area contributed by atoms with Crippen molar-refractivity contribution in [1.29, 1.82) is 0 Å². The van der Waals surface area contributed by atoms with Crippen LogP contribution in [0, 0.1) is 0 Å². The first-order valence-corrected chi connectivity index (χ1v) is 8.49. The molecule has 1 N–H and O–H groups in total. The van der Waals surface area contributed by atoms with E-state index < -0.39 is 0 Å². The Kier molecular flexibility index (Phi) is 6.15. The van der Waals surface area contributed by atoms with Crippen LogP contribution in [-0.4, -0.2) is 12.3 Å². The standard InChI is InChI=1S/C18H23NOS/c1-14(2)19-12-15-8-4-5-9-16(15)13-20-17-10-6-7-11-18(17)21-3/h4-11,14,19H,12-13H2,1-3H3. The summed E-state index contributed by atoms with van der Waals surface area (Å²) in [4.78, 5) is 1.18. The van der Waals surface area contributed by atoms with Crippen molar-refractivity contribution in [1.82, 2.24) is 5.32 Å². The normalized spacial score (nSPS) is 10.9. The lowest BCUT2D eigenvalue weighted by atomic mass is 10.1. The fraction of sp³-hybridized carbons (Fsp3) is 0.333. The Balaban J connectivity index is 2.06. The Bertz CT molecular complexity index is 569. The van der Waals surface area contributed by atoms with Crippen molar-refractivity contribution in [2.75, 3.05) is 6.26 Å². The zero-order valence-corrected chi connectivity index (χ0v) is 13.7. The Hall–Kier alpha value is -1.45. The minimum Gasteiger partial charge on any atom is -0.488 e. The second-order valence-electron chi connectivity index (χ2n) is 5.24. The number of hydrogen-bond acceptors (Lipinski definition) is 3. The molecule has 2 rings (SSSR count).